The van der Waals surface area contributed by atoms with E-state index in [9.17, 15) is 9.59 Å². The molecule has 3 heterocycles. The molecule has 0 aliphatic carbocycles. The fraction of sp³-hybridized carbons (Fsp3) is 0.286. The number of fused-ring (bicyclic) bond motifs is 2. The molecule has 10 heteroatoms. The van der Waals surface area contributed by atoms with E-state index in [0.29, 0.717) is 52.3 Å². The molecule has 1 aliphatic rings. The smallest absolute Gasteiger partial charge is 0.254 e. The minimum atomic E-state index is -0.403. The number of aromatic nitrogens is 3. The van der Waals surface area contributed by atoms with E-state index >= 15 is 0 Å². The molecular weight excluding hydrogens is 604 g/mol. The largest absolute Gasteiger partial charge is 0.386 e. The monoisotopic (exact) mass is 640 g/mol. The predicted octanol–water partition coefficient (Wildman–Crippen LogP) is 7.19. The summed E-state index contributed by atoms with van der Waals surface area (Å²) < 4.78 is 1.62. The van der Waals surface area contributed by atoms with Crippen LogP contribution >= 0.6 is 23.4 Å². The summed E-state index contributed by atoms with van der Waals surface area (Å²) in [5, 5.41) is 15.0. The summed E-state index contributed by atoms with van der Waals surface area (Å²) in [6.07, 6.45) is 6.30. The van der Waals surface area contributed by atoms with Gasteiger partial charge in [-0.3, -0.25) is 19.1 Å². The zero-order chi connectivity index (χ0) is 32.1. The molecule has 0 radical (unpaired) electrons. The maximum atomic E-state index is 13.8. The Labute approximate surface area is 272 Å². The lowest BCUT2D eigenvalue weighted by molar-refractivity contribution is -0.123. The van der Waals surface area contributed by atoms with Crippen LogP contribution in [0, 0.1) is 11.3 Å². The van der Waals surface area contributed by atoms with Crippen LogP contribution in [0.3, 0.4) is 0 Å². The van der Waals surface area contributed by atoms with Crippen molar-refractivity contribution in [2.45, 2.75) is 56.2 Å². The first-order valence-electron chi connectivity index (χ1n) is 15.0. The number of carbonyl (C=O) groups excluding carboxylic acids is 1. The van der Waals surface area contributed by atoms with E-state index in [1.54, 1.807) is 30.2 Å². The molecule has 232 valence electrons. The van der Waals surface area contributed by atoms with E-state index in [1.807, 2.05) is 49.0 Å². The molecule has 4 aromatic rings. The van der Waals surface area contributed by atoms with Gasteiger partial charge in [-0.15, -0.1) is 11.8 Å². The first-order valence-corrected chi connectivity index (χ1v) is 16.3. The SMILES string of the molecule is CN/C1=C(\C=N)NC(=O)C(C)CCCC(n2cnc(-c3cc(Cl)ccc3-c3ccc(SC(C)C)cc3)cc2=O)c2cc1ccn2. The van der Waals surface area contributed by atoms with Crippen LogP contribution in [0.15, 0.2) is 88.6 Å². The summed E-state index contributed by atoms with van der Waals surface area (Å²) in [5.41, 5.74) is 5.46. The lowest BCUT2D eigenvalue weighted by Gasteiger charge is -2.23. The quantitative estimate of drug-likeness (QED) is 0.146. The van der Waals surface area contributed by atoms with Crippen LogP contribution in [0.1, 0.15) is 57.3 Å². The van der Waals surface area contributed by atoms with Gasteiger partial charge in [0.25, 0.3) is 5.56 Å². The third-order valence-electron chi connectivity index (χ3n) is 7.86. The second-order valence-corrected chi connectivity index (χ2v) is 13.5. The highest BCUT2D eigenvalue weighted by Crippen LogP contribution is 2.35. The van der Waals surface area contributed by atoms with E-state index < -0.39 is 6.04 Å². The molecule has 1 amide bonds. The second-order valence-electron chi connectivity index (χ2n) is 11.4. The van der Waals surface area contributed by atoms with Crippen molar-refractivity contribution in [1.82, 2.24) is 25.2 Å². The molecule has 45 heavy (non-hydrogen) atoms. The Morgan fingerprint density at radius 2 is 1.80 bits per heavy atom. The Balaban J connectivity index is 1.56. The molecule has 2 aromatic heterocycles. The Kier molecular flexibility index (Phi) is 10.2. The first kappa shape index (κ1) is 32.2. The molecule has 2 atom stereocenters. The topological polar surface area (TPSA) is 113 Å². The van der Waals surface area contributed by atoms with Gasteiger partial charge in [-0.1, -0.05) is 57.0 Å². The maximum Gasteiger partial charge on any atom is 0.254 e. The van der Waals surface area contributed by atoms with E-state index in [-0.39, 0.29) is 17.4 Å². The number of hydrogen-bond acceptors (Lipinski definition) is 7. The molecule has 0 saturated heterocycles. The van der Waals surface area contributed by atoms with Gasteiger partial charge in [-0.25, -0.2) is 4.98 Å². The van der Waals surface area contributed by atoms with Crippen LogP contribution in [0.5, 0.6) is 0 Å². The van der Waals surface area contributed by atoms with Crippen molar-refractivity contribution >= 4 is 41.2 Å². The average molecular weight is 641 g/mol. The van der Waals surface area contributed by atoms with Gasteiger partial charge in [0.1, 0.15) is 0 Å². The highest BCUT2D eigenvalue weighted by molar-refractivity contribution is 7.99. The third kappa shape index (κ3) is 7.37. The number of nitrogens with one attached hydrogen (secondary N) is 3. The zero-order valence-corrected chi connectivity index (χ0v) is 27.4. The molecule has 0 fully saturated rings. The summed E-state index contributed by atoms with van der Waals surface area (Å²) >= 11 is 8.25. The number of allylic oxidation sites excluding steroid dienone is 1. The third-order valence-corrected chi connectivity index (χ3v) is 9.11. The minimum absolute atomic E-state index is 0.151. The number of hydrogen-bond donors (Lipinski definition) is 3. The maximum absolute atomic E-state index is 13.8. The number of nitrogens with zero attached hydrogens (tertiary/aromatic N) is 3. The van der Waals surface area contributed by atoms with Crippen molar-refractivity contribution in [2.24, 2.45) is 5.92 Å². The molecule has 2 aromatic carbocycles. The molecule has 3 N–H and O–H groups in total. The summed E-state index contributed by atoms with van der Waals surface area (Å²) in [6, 6.07) is 18.9. The lowest BCUT2D eigenvalue weighted by Crippen LogP contribution is -2.32. The highest BCUT2D eigenvalue weighted by Gasteiger charge is 2.23. The predicted molar refractivity (Wildman–Crippen MR) is 184 cm³/mol. The van der Waals surface area contributed by atoms with Gasteiger partial charge in [-0.05, 0) is 60.4 Å². The standard InChI is InChI=1S/C35H37ClN6O2S/c1-21(2)45-26-11-8-23(9-12-26)27-13-10-25(36)17-28(27)29-18-33(43)42(20-40-29)32-7-5-6-22(3)35(44)41-31(19-37)34(38-4)24-14-15-39-30(32)16-24/h8-22,32,37-38H,5-7H2,1-4H3,(H,41,44)/b34-31+,37-19?. The fourth-order valence-electron chi connectivity index (χ4n) is 5.58. The van der Waals surface area contributed by atoms with Crippen molar-refractivity contribution < 1.29 is 4.79 Å². The summed E-state index contributed by atoms with van der Waals surface area (Å²) in [7, 11) is 1.74. The molecule has 0 spiro atoms. The Hall–Kier alpha value is -4.21. The molecule has 0 saturated carbocycles. The number of amides is 1. The first-order chi connectivity index (χ1) is 21.7. The normalized spacial score (nSPS) is 18.9. The van der Waals surface area contributed by atoms with E-state index in [0.717, 1.165) is 28.5 Å². The van der Waals surface area contributed by atoms with Crippen LogP contribution in [0.25, 0.3) is 28.1 Å². The van der Waals surface area contributed by atoms with Gasteiger partial charge < -0.3 is 16.0 Å². The number of carbonyl (C=O) groups is 1. The number of rotatable bonds is 7. The van der Waals surface area contributed by atoms with E-state index in [2.05, 4.69) is 53.7 Å². The second kappa shape index (κ2) is 14.3. The van der Waals surface area contributed by atoms with Crippen molar-refractivity contribution in [3.63, 3.8) is 0 Å². The Bertz CT molecular complexity index is 1800. The molecular formula is C35H37ClN6O2S. The lowest BCUT2D eigenvalue weighted by atomic mass is 9.96. The number of thioether (sulfide) groups is 1. The summed E-state index contributed by atoms with van der Waals surface area (Å²) in [6.45, 7) is 6.21. The van der Waals surface area contributed by atoms with Crippen LogP contribution in [-0.2, 0) is 4.79 Å². The van der Waals surface area contributed by atoms with Gasteiger partial charge in [-0.2, -0.15) is 0 Å². The Morgan fingerprint density at radius 1 is 1.02 bits per heavy atom. The van der Waals surface area contributed by atoms with Crippen molar-refractivity contribution in [1.29, 1.82) is 5.41 Å². The van der Waals surface area contributed by atoms with Gasteiger partial charge in [0.05, 0.1) is 35.2 Å². The van der Waals surface area contributed by atoms with E-state index in [1.165, 1.54) is 4.90 Å². The number of halogens is 1. The molecule has 2 bridgehead atoms. The fourth-order valence-corrected chi connectivity index (χ4v) is 6.59. The van der Waals surface area contributed by atoms with Gasteiger partial charge in [0, 0.05) is 57.7 Å². The summed E-state index contributed by atoms with van der Waals surface area (Å²) in [5.74, 6) is -0.428. The highest BCUT2D eigenvalue weighted by atomic mass is 35.5. The summed E-state index contributed by atoms with van der Waals surface area (Å²) in [4.78, 5) is 37.4. The van der Waals surface area contributed by atoms with Crippen molar-refractivity contribution in [3.8, 4) is 22.4 Å². The Morgan fingerprint density at radius 3 is 2.49 bits per heavy atom. The molecule has 1 aliphatic heterocycles. The van der Waals surface area contributed by atoms with Crippen LogP contribution in [-0.4, -0.2) is 39.0 Å². The van der Waals surface area contributed by atoms with Crippen molar-refractivity contribution in [2.75, 3.05) is 7.05 Å². The van der Waals surface area contributed by atoms with Crippen LogP contribution in [0.2, 0.25) is 5.02 Å². The molecule has 8 nitrogen and oxygen atoms in total. The van der Waals surface area contributed by atoms with Gasteiger partial charge >= 0.3 is 0 Å². The van der Waals surface area contributed by atoms with Crippen LogP contribution in [0.4, 0.5) is 0 Å². The minimum Gasteiger partial charge on any atom is -0.386 e. The average Bonchev–Trinajstić information content (AvgIpc) is 3.03. The number of pyridine rings is 1. The van der Waals surface area contributed by atoms with Gasteiger partial charge in [0.2, 0.25) is 5.91 Å². The zero-order valence-electron chi connectivity index (χ0n) is 25.8. The van der Waals surface area contributed by atoms with Crippen molar-refractivity contribution in [3.05, 3.63) is 106 Å². The van der Waals surface area contributed by atoms with E-state index in [4.69, 9.17) is 22.0 Å². The molecule has 5 rings (SSSR count). The number of benzene rings is 2. The van der Waals surface area contributed by atoms with Crippen LogP contribution < -0.4 is 16.2 Å². The molecule has 2 unspecified atom stereocenters. The van der Waals surface area contributed by atoms with Gasteiger partial charge in [0.15, 0.2) is 0 Å².